The molecule has 20 heavy (non-hydrogen) atoms. The van der Waals surface area contributed by atoms with Gasteiger partial charge in [-0.1, -0.05) is 13.3 Å². The molecule has 0 aliphatic carbocycles. The summed E-state index contributed by atoms with van der Waals surface area (Å²) in [6.45, 7) is 1.91. The van der Waals surface area contributed by atoms with Crippen LogP contribution in [-0.2, 0) is 9.59 Å². The van der Waals surface area contributed by atoms with Gasteiger partial charge in [0.2, 0.25) is 11.8 Å². The van der Waals surface area contributed by atoms with E-state index in [1.54, 1.807) is 25.4 Å². The Hall–Kier alpha value is -1.47. The summed E-state index contributed by atoms with van der Waals surface area (Å²) in [5.74, 6) is -0.0953. The Morgan fingerprint density at radius 2 is 2.20 bits per heavy atom. The molecule has 110 valence electrons. The molecule has 0 bridgehead atoms. The van der Waals surface area contributed by atoms with E-state index in [1.165, 1.54) is 4.90 Å². The van der Waals surface area contributed by atoms with Gasteiger partial charge in [0.05, 0.1) is 12.6 Å². The third-order valence-corrected chi connectivity index (χ3v) is 3.14. The van der Waals surface area contributed by atoms with Gasteiger partial charge in [0.15, 0.2) is 0 Å². The van der Waals surface area contributed by atoms with E-state index in [4.69, 9.17) is 5.73 Å². The van der Waals surface area contributed by atoms with Gasteiger partial charge in [0.1, 0.15) is 5.82 Å². The number of nitrogens with two attached hydrogens (primary N) is 1. The van der Waals surface area contributed by atoms with Gasteiger partial charge in [-0.05, 0) is 34.5 Å². The van der Waals surface area contributed by atoms with Crippen LogP contribution in [-0.4, -0.2) is 41.3 Å². The van der Waals surface area contributed by atoms with Crippen LogP contribution in [0.15, 0.2) is 22.8 Å². The van der Waals surface area contributed by atoms with E-state index in [-0.39, 0.29) is 18.4 Å². The average Bonchev–Trinajstić information content (AvgIpc) is 2.40. The number of amides is 2. The summed E-state index contributed by atoms with van der Waals surface area (Å²) in [7, 11) is 1.56. The normalized spacial score (nSPS) is 11.8. The molecule has 0 saturated heterocycles. The molecule has 0 saturated carbocycles. The van der Waals surface area contributed by atoms with Gasteiger partial charge in [-0.25, -0.2) is 4.98 Å². The maximum Gasteiger partial charge on any atom is 0.245 e. The smallest absolute Gasteiger partial charge is 0.245 e. The zero-order valence-electron chi connectivity index (χ0n) is 11.6. The topological polar surface area (TPSA) is 88.3 Å². The summed E-state index contributed by atoms with van der Waals surface area (Å²) >= 11 is 3.26. The highest BCUT2D eigenvalue weighted by Gasteiger charge is 2.19. The molecule has 1 unspecified atom stereocenters. The number of aromatic nitrogens is 1. The van der Waals surface area contributed by atoms with Crippen LogP contribution in [0.3, 0.4) is 0 Å². The van der Waals surface area contributed by atoms with E-state index >= 15 is 0 Å². The zero-order valence-corrected chi connectivity index (χ0v) is 13.2. The van der Waals surface area contributed by atoms with Crippen molar-refractivity contribution in [2.24, 2.45) is 5.73 Å². The average molecular weight is 343 g/mol. The number of likely N-dealkylation sites (N-methyl/N-ethyl adjacent to an activating group) is 1. The van der Waals surface area contributed by atoms with Crippen LogP contribution in [0.1, 0.15) is 19.8 Å². The fourth-order valence-corrected chi connectivity index (χ4v) is 1.88. The van der Waals surface area contributed by atoms with E-state index in [0.717, 1.165) is 10.9 Å². The second-order valence-electron chi connectivity index (χ2n) is 4.50. The highest BCUT2D eigenvalue weighted by Crippen LogP contribution is 2.10. The molecule has 0 spiro atoms. The molecule has 1 aromatic heterocycles. The first kappa shape index (κ1) is 16.6. The van der Waals surface area contributed by atoms with E-state index < -0.39 is 6.04 Å². The standard InChI is InChI=1S/C13H19BrN4O2/c1-3-4-10(15)13(20)18(2)8-12(19)17-11-6-5-9(14)7-16-11/h5-7,10H,3-4,8,15H2,1-2H3,(H,16,17,19). The Kier molecular flexibility index (Phi) is 6.60. The van der Waals surface area contributed by atoms with Crippen LogP contribution in [0.4, 0.5) is 5.82 Å². The molecule has 6 nitrogen and oxygen atoms in total. The quantitative estimate of drug-likeness (QED) is 0.817. The summed E-state index contributed by atoms with van der Waals surface area (Å²) in [6, 6.07) is 2.89. The molecule has 0 aromatic carbocycles. The molecule has 0 radical (unpaired) electrons. The number of rotatable bonds is 6. The Balaban J connectivity index is 2.49. The van der Waals surface area contributed by atoms with Crippen LogP contribution >= 0.6 is 15.9 Å². The highest BCUT2D eigenvalue weighted by atomic mass is 79.9. The number of hydrogen-bond acceptors (Lipinski definition) is 4. The van der Waals surface area contributed by atoms with Gasteiger partial charge < -0.3 is 16.0 Å². The first-order valence-corrected chi connectivity index (χ1v) is 7.15. The molecule has 1 heterocycles. The number of pyridine rings is 1. The van der Waals surface area contributed by atoms with Gasteiger partial charge >= 0.3 is 0 Å². The van der Waals surface area contributed by atoms with Gasteiger partial charge in [-0.3, -0.25) is 9.59 Å². The lowest BCUT2D eigenvalue weighted by molar-refractivity contribution is -0.134. The maximum absolute atomic E-state index is 11.9. The van der Waals surface area contributed by atoms with Crippen LogP contribution in [0.2, 0.25) is 0 Å². The van der Waals surface area contributed by atoms with Crippen molar-refractivity contribution in [1.82, 2.24) is 9.88 Å². The van der Waals surface area contributed by atoms with Crippen LogP contribution in [0, 0.1) is 0 Å². The maximum atomic E-state index is 11.9. The van der Waals surface area contributed by atoms with Gasteiger partial charge in [-0.15, -0.1) is 0 Å². The van der Waals surface area contributed by atoms with E-state index in [2.05, 4.69) is 26.2 Å². The molecule has 3 N–H and O–H groups in total. The zero-order chi connectivity index (χ0) is 15.1. The molecular weight excluding hydrogens is 324 g/mol. The molecular formula is C13H19BrN4O2. The molecule has 0 aliphatic rings. The Labute approximate surface area is 126 Å². The summed E-state index contributed by atoms with van der Waals surface area (Å²) in [4.78, 5) is 29.0. The van der Waals surface area contributed by atoms with Crippen molar-refractivity contribution < 1.29 is 9.59 Å². The first-order valence-electron chi connectivity index (χ1n) is 6.36. The van der Waals surface area contributed by atoms with E-state index in [0.29, 0.717) is 12.2 Å². The highest BCUT2D eigenvalue weighted by molar-refractivity contribution is 9.10. The minimum absolute atomic E-state index is 0.0476. The van der Waals surface area contributed by atoms with Crippen molar-refractivity contribution >= 4 is 33.6 Å². The minimum atomic E-state index is -0.552. The number of anilines is 1. The van der Waals surface area contributed by atoms with Crippen molar-refractivity contribution in [3.05, 3.63) is 22.8 Å². The SMILES string of the molecule is CCCC(N)C(=O)N(C)CC(=O)Nc1ccc(Br)cn1. The largest absolute Gasteiger partial charge is 0.335 e. The predicted molar refractivity (Wildman–Crippen MR) is 81.1 cm³/mol. The molecule has 2 amide bonds. The van der Waals surface area contributed by atoms with Gasteiger partial charge in [-0.2, -0.15) is 0 Å². The molecule has 1 rings (SSSR count). The Morgan fingerprint density at radius 3 is 2.75 bits per heavy atom. The molecule has 0 aliphatic heterocycles. The summed E-state index contributed by atoms with van der Waals surface area (Å²) in [5.41, 5.74) is 5.73. The molecule has 0 fully saturated rings. The van der Waals surface area contributed by atoms with Crippen LogP contribution in [0.25, 0.3) is 0 Å². The second kappa shape index (κ2) is 7.96. The number of nitrogens with one attached hydrogen (secondary N) is 1. The Bertz CT molecular complexity index is 464. The first-order chi connectivity index (χ1) is 9.43. The lowest BCUT2D eigenvalue weighted by atomic mass is 10.1. The molecule has 1 aromatic rings. The molecule has 1 atom stereocenters. The van der Waals surface area contributed by atoms with Crippen molar-refractivity contribution in [2.45, 2.75) is 25.8 Å². The van der Waals surface area contributed by atoms with Gasteiger partial charge in [0, 0.05) is 17.7 Å². The number of nitrogens with zero attached hydrogens (tertiary/aromatic N) is 2. The van der Waals surface area contributed by atoms with Crippen molar-refractivity contribution in [3.8, 4) is 0 Å². The fraction of sp³-hybridized carbons (Fsp3) is 0.462. The Morgan fingerprint density at radius 1 is 1.50 bits per heavy atom. The van der Waals surface area contributed by atoms with E-state index in [1.807, 2.05) is 6.92 Å². The minimum Gasteiger partial charge on any atom is -0.335 e. The van der Waals surface area contributed by atoms with Crippen molar-refractivity contribution in [2.75, 3.05) is 18.9 Å². The van der Waals surface area contributed by atoms with Crippen LogP contribution < -0.4 is 11.1 Å². The lowest BCUT2D eigenvalue weighted by Gasteiger charge is -2.20. The summed E-state index contributed by atoms with van der Waals surface area (Å²) < 4.78 is 0.827. The molecule has 7 heteroatoms. The lowest BCUT2D eigenvalue weighted by Crippen LogP contribution is -2.44. The summed E-state index contributed by atoms with van der Waals surface area (Å²) in [5, 5.41) is 2.62. The summed E-state index contributed by atoms with van der Waals surface area (Å²) in [6.07, 6.45) is 3.02. The third kappa shape index (κ3) is 5.26. The van der Waals surface area contributed by atoms with Crippen molar-refractivity contribution in [3.63, 3.8) is 0 Å². The van der Waals surface area contributed by atoms with Crippen LogP contribution in [0.5, 0.6) is 0 Å². The van der Waals surface area contributed by atoms with Crippen molar-refractivity contribution in [1.29, 1.82) is 0 Å². The second-order valence-corrected chi connectivity index (χ2v) is 5.41. The number of carbonyl (C=O) groups excluding carboxylic acids is 2. The fourth-order valence-electron chi connectivity index (χ4n) is 1.64. The third-order valence-electron chi connectivity index (χ3n) is 2.67. The van der Waals surface area contributed by atoms with E-state index in [9.17, 15) is 9.59 Å². The number of carbonyl (C=O) groups is 2. The predicted octanol–water partition coefficient (Wildman–Crippen LogP) is 1.37. The monoisotopic (exact) mass is 342 g/mol. The number of halogens is 1. The van der Waals surface area contributed by atoms with Gasteiger partial charge in [0.25, 0.3) is 0 Å². The number of hydrogen-bond donors (Lipinski definition) is 2.